The van der Waals surface area contributed by atoms with Crippen molar-refractivity contribution in [2.45, 2.75) is 46.2 Å². The van der Waals surface area contributed by atoms with Crippen LogP contribution in [0.1, 0.15) is 41.6 Å². The summed E-state index contributed by atoms with van der Waals surface area (Å²) in [5.41, 5.74) is 3.84. The van der Waals surface area contributed by atoms with E-state index in [-0.39, 0.29) is 0 Å². The van der Waals surface area contributed by atoms with E-state index in [1.807, 2.05) is 14.0 Å². The van der Waals surface area contributed by atoms with Gasteiger partial charge in [0.1, 0.15) is 0 Å². The first-order chi connectivity index (χ1) is 13.6. The number of aryl methyl sites for hydroxylation is 1. The largest absolute Gasteiger partial charge is 0.356 e. The molecule has 2 aromatic rings. The highest BCUT2D eigenvalue weighted by molar-refractivity contribution is 7.09. The highest BCUT2D eigenvalue weighted by atomic mass is 32.1. The number of rotatable bonds is 7. The molecule has 0 atom stereocenters. The van der Waals surface area contributed by atoms with E-state index >= 15 is 0 Å². The molecule has 1 aromatic carbocycles. The summed E-state index contributed by atoms with van der Waals surface area (Å²) in [5.74, 6) is 1.72. The monoisotopic (exact) mass is 399 g/mol. The van der Waals surface area contributed by atoms with Crippen molar-refractivity contribution in [3.05, 3.63) is 51.5 Å². The number of hydrogen-bond donors (Lipinski definition) is 2. The molecule has 6 heteroatoms. The molecule has 3 rings (SSSR count). The van der Waals surface area contributed by atoms with Gasteiger partial charge in [0, 0.05) is 38.5 Å². The summed E-state index contributed by atoms with van der Waals surface area (Å²) < 4.78 is 0. The number of likely N-dealkylation sites (tertiary alicyclic amines) is 1. The van der Waals surface area contributed by atoms with Crippen LogP contribution in [0.5, 0.6) is 0 Å². The van der Waals surface area contributed by atoms with Crippen molar-refractivity contribution < 1.29 is 0 Å². The molecule has 1 aliphatic heterocycles. The second-order valence-corrected chi connectivity index (χ2v) is 8.80. The van der Waals surface area contributed by atoms with Gasteiger partial charge in [-0.15, -0.1) is 11.3 Å². The maximum absolute atomic E-state index is 4.50. The van der Waals surface area contributed by atoms with Gasteiger partial charge in [0.2, 0.25) is 0 Å². The average Bonchev–Trinajstić information content (AvgIpc) is 3.12. The van der Waals surface area contributed by atoms with Crippen molar-refractivity contribution in [1.82, 2.24) is 20.5 Å². The van der Waals surface area contributed by atoms with E-state index in [2.05, 4.69) is 62.1 Å². The van der Waals surface area contributed by atoms with Crippen molar-refractivity contribution in [1.29, 1.82) is 0 Å². The summed E-state index contributed by atoms with van der Waals surface area (Å²) in [6.07, 6.45) is 3.56. The molecule has 1 fully saturated rings. The number of benzene rings is 1. The normalized spacial score (nSPS) is 16.3. The summed E-state index contributed by atoms with van der Waals surface area (Å²) in [6.45, 7) is 9.51. The predicted octanol–water partition coefficient (Wildman–Crippen LogP) is 3.59. The lowest BCUT2D eigenvalue weighted by Crippen LogP contribution is -2.38. The summed E-state index contributed by atoms with van der Waals surface area (Å²) in [6, 6.07) is 8.90. The smallest absolute Gasteiger partial charge is 0.191 e. The van der Waals surface area contributed by atoms with Crippen LogP contribution >= 0.6 is 11.3 Å². The van der Waals surface area contributed by atoms with Crippen LogP contribution in [0.2, 0.25) is 0 Å². The van der Waals surface area contributed by atoms with Crippen LogP contribution in [0.4, 0.5) is 0 Å². The van der Waals surface area contributed by atoms with E-state index in [0.29, 0.717) is 0 Å². The molecular formula is C22H33N5S. The number of nitrogens with zero attached hydrogens (tertiary/aromatic N) is 3. The summed E-state index contributed by atoms with van der Waals surface area (Å²) >= 11 is 1.70. The van der Waals surface area contributed by atoms with Gasteiger partial charge in [-0.25, -0.2) is 4.98 Å². The number of aromatic nitrogens is 1. The van der Waals surface area contributed by atoms with Crippen LogP contribution in [-0.4, -0.2) is 42.5 Å². The fraction of sp³-hybridized carbons (Fsp3) is 0.545. The molecule has 0 aliphatic carbocycles. The maximum Gasteiger partial charge on any atom is 0.191 e. The SMILES string of the molecule is CN=C(NCCc1csc(C)n1)NCc1cccc(CN2CCC(C)CC2)c1. The highest BCUT2D eigenvalue weighted by Gasteiger charge is 2.15. The number of guanidine groups is 1. The first-order valence-electron chi connectivity index (χ1n) is 10.3. The Kier molecular flexibility index (Phi) is 7.86. The number of aliphatic imine (C=N–C) groups is 1. The van der Waals surface area contributed by atoms with E-state index in [1.54, 1.807) is 11.3 Å². The summed E-state index contributed by atoms with van der Waals surface area (Å²) in [4.78, 5) is 11.4. The molecule has 152 valence electrons. The third-order valence-corrected chi connectivity index (χ3v) is 6.12. The van der Waals surface area contributed by atoms with Crippen molar-refractivity contribution >= 4 is 17.3 Å². The van der Waals surface area contributed by atoms with Crippen LogP contribution in [0.25, 0.3) is 0 Å². The number of nitrogens with one attached hydrogen (secondary N) is 2. The van der Waals surface area contributed by atoms with Crippen LogP contribution in [-0.2, 0) is 19.5 Å². The molecule has 0 radical (unpaired) electrons. The summed E-state index contributed by atoms with van der Waals surface area (Å²) in [7, 11) is 1.82. The molecule has 1 aromatic heterocycles. The van der Waals surface area contributed by atoms with Gasteiger partial charge in [-0.1, -0.05) is 31.2 Å². The fourth-order valence-electron chi connectivity index (χ4n) is 3.55. The lowest BCUT2D eigenvalue weighted by atomic mass is 9.98. The second kappa shape index (κ2) is 10.6. The Labute approximate surface area is 173 Å². The molecule has 2 heterocycles. The minimum absolute atomic E-state index is 0.778. The minimum Gasteiger partial charge on any atom is -0.356 e. The molecule has 0 bridgehead atoms. The zero-order chi connectivity index (χ0) is 19.8. The lowest BCUT2D eigenvalue weighted by molar-refractivity contribution is 0.185. The van der Waals surface area contributed by atoms with Crippen molar-refractivity contribution in [3.63, 3.8) is 0 Å². The zero-order valence-corrected chi connectivity index (χ0v) is 18.2. The van der Waals surface area contributed by atoms with E-state index < -0.39 is 0 Å². The van der Waals surface area contributed by atoms with Gasteiger partial charge >= 0.3 is 0 Å². The number of piperidine rings is 1. The highest BCUT2D eigenvalue weighted by Crippen LogP contribution is 2.18. The average molecular weight is 400 g/mol. The lowest BCUT2D eigenvalue weighted by Gasteiger charge is -2.30. The number of hydrogen-bond acceptors (Lipinski definition) is 4. The van der Waals surface area contributed by atoms with Crippen molar-refractivity contribution in [2.24, 2.45) is 10.9 Å². The van der Waals surface area contributed by atoms with Gasteiger partial charge in [0.25, 0.3) is 0 Å². The Hall–Kier alpha value is -1.92. The van der Waals surface area contributed by atoms with E-state index in [9.17, 15) is 0 Å². The van der Waals surface area contributed by atoms with Gasteiger partial charge in [-0.05, 0) is 49.9 Å². The third kappa shape index (κ3) is 6.60. The van der Waals surface area contributed by atoms with Crippen molar-refractivity contribution in [3.8, 4) is 0 Å². The topological polar surface area (TPSA) is 52.6 Å². The van der Waals surface area contributed by atoms with Gasteiger partial charge in [0.05, 0.1) is 10.7 Å². The van der Waals surface area contributed by atoms with Gasteiger partial charge < -0.3 is 10.6 Å². The maximum atomic E-state index is 4.50. The minimum atomic E-state index is 0.778. The first kappa shape index (κ1) is 20.8. The van der Waals surface area contributed by atoms with Gasteiger partial charge in [-0.2, -0.15) is 0 Å². The van der Waals surface area contributed by atoms with E-state index in [1.165, 1.54) is 37.1 Å². The van der Waals surface area contributed by atoms with Crippen molar-refractivity contribution in [2.75, 3.05) is 26.7 Å². The molecule has 28 heavy (non-hydrogen) atoms. The van der Waals surface area contributed by atoms with Gasteiger partial charge in [-0.3, -0.25) is 9.89 Å². The van der Waals surface area contributed by atoms with Crippen LogP contribution < -0.4 is 10.6 Å². The summed E-state index contributed by atoms with van der Waals surface area (Å²) in [5, 5.41) is 10.0. The molecule has 0 spiro atoms. The molecule has 0 saturated carbocycles. The molecule has 5 nitrogen and oxygen atoms in total. The molecule has 2 N–H and O–H groups in total. The Morgan fingerprint density at radius 2 is 2.04 bits per heavy atom. The van der Waals surface area contributed by atoms with Crippen LogP contribution in [0.3, 0.4) is 0 Å². The van der Waals surface area contributed by atoms with E-state index in [0.717, 1.165) is 48.6 Å². The second-order valence-electron chi connectivity index (χ2n) is 7.74. The Morgan fingerprint density at radius 1 is 1.25 bits per heavy atom. The molecular weight excluding hydrogens is 366 g/mol. The molecule has 1 saturated heterocycles. The van der Waals surface area contributed by atoms with Crippen LogP contribution in [0.15, 0.2) is 34.6 Å². The third-order valence-electron chi connectivity index (χ3n) is 5.30. The fourth-order valence-corrected chi connectivity index (χ4v) is 4.20. The Morgan fingerprint density at radius 3 is 2.75 bits per heavy atom. The standard InChI is InChI=1S/C22H33N5S/c1-17-8-11-27(12-9-17)15-20-6-4-5-19(13-20)14-25-22(23-3)24-10-7-21-16-28-18(2)26-21/h4-6,13,16-17H,7-12,14-15H2,1-3H3,(H2,23,24,25). The van der Waals surface area contributed by atoms with E-state index in [4.69, 9.17) is 0 Å². The molecule has 0 amide bonds. The zero-order valence-electron chi connectivity index (χ0n) is 17.4. The Balaban J connectivity index is 1.43. The van der Waals surface area contributed by atoms with Gasteiger partial charge in [0.15, 0.2) is 5.96 Å². The molecule has 1 aliphatic rings. The Bertz CT molecular complexity index is 762. The molecule has 0 unspecified atom stereocenters. The number of thiazole rings is 1. The quantitative estimate of drug-likeness (QED) is 0.552. The van der Waals surface area contributed by atoms with Crippen LogP contribution in [0, 0.1) is 12.8 Å². The predicted molar refractivity (Wildman–Crippen MR) is 119 cm³/mol. The first-order valence-corrected chi connectivity index (χ1v) is 11.2.